The molecule has 0 aliphatic carbocycles. The molecule has 1 aromatic rings. The predicted molar refractivity (Wildman–Crippen MR) is 90.9 cm³/mol. The maximum atomic E-state index is 12.6. The molecule has 22 heavy (non-hydrogen) atoms. The number of hydrogen-bond acceptors (Lipinski definition) is 3. The quantitative estimate of drug-likeness (QED) is 0.825. The van der Waals surface area contributed by atoms with Gasteiger partial charge in [0.05, 0.1) is 5.56 Å². The van der Waals surface area contributed by atoms with E-state index in [1.807, 2.05) is 11.0 Å². The van der Waals surface area contributed by atoms with E-state index < -0.39 is 0 Å². The zero-order valence-corrected chi connectivity index (χ0v) is 14.6. The van der Waals surface area contributed by atoms with Gasteiger partial charge in [-0.2, -0.15) is 0 Å². The van der Waals surface area contributed by atoms with Crippen molar-refractivity contribution in [2.75, 3.05) is 32.7 Å². The summed E-state index contributed by atoms with van der Waals surface area (Å²) in [5.74, 6) is 0.868. The summed E-state index contributed by atoms with van der Waals surface area (Å²) in [4.78, 5) is 21.3. The van der Waals surface area contributed by atoms with Crippen molar-refractivity contribution in [2.24, 2.45) is 5.92 Å². The minimum atomic E-state index is 0.121. The molecule has 0 radical (unpaired) electrons. The molecule has 0 unspecified atom stereocenters. The predicted octanol–water partition coefficient (Wildman–Crippen LogP) is 3.18. The Kier molecular flexibility index (Phi) is 5.47. The second-order valence-electron chi connectivity index (χ2n) is 6.49. The highest BCUT2D eigenvalue weighted by Gasteiger charge is 2.24. The standard InChI is InChI=1S/C17H24BrN3O/c18-16-10-15(11-19-12-16)17(22)21-8-3-4-14(5-9-21)13-20-6-1-2-7-20/h10-12,14H,1-9,13H2/t14-/m0/s1. The molecule has 1 atom stereocenters. The number of halogens is 1. The largest absolute Gasteiger partial charge is 0.339 e. The summed E-state index contributed by atoms with van der Waals surface area (Å²) in [5, 5.41) is 0. The van der Waals surface area contributed by atoms with Gasteiger partial charge in [-0.25, -0.2) is 0 Å². The van der Waals surface area contributed by atoms with Crippen molar-refractivity contribution < 1.29 is 4.79 Å². The van der Waals surface area contributed by atoms with Gasteiger partial charge < -0.3 is 9.80 Å². The van der Waals surface area contributed by atoms with Crippen LogP contribution in [0.1, 0.15) is 42.5 Å². The molecule has 2 fully saturated rings. The molecule has 0 spiro atoms. The minimum Gasteiger partial charge on any atom is -0.339 e. The van der Waals surface area contributed by atoms with Crippen molar-refractivity contribution in [1.29, 1.82) is 0 Å². The molecule has 0 saturated carbocycles. The van der Waals surface area contributed by atoms with Gasteiger partial charge in [-0.05, 0) is 73.1 Å². The molecule has 1 aromatic heterocycles. The number of rotatable bonds is 3. The first-order valence-electron chi connectivity index (χ1n) is 8.34. The van der Waals surface area contributed by atoms with E-state index in [4.69, 9.17) is 0 Å². The van der Waals surface area contributed by atoms with Crippen LogP contribution in [-0.2, 0) is 0 Å². The Bertz CT molecular complexity index is 516. The number of carbonyl (C=O) groups excluding carboxylic acids is 1. The fourth-order valence-electron chi connectivity index (χ4n) is 3.59. The molecular formula is C17H24BrN3O. The summed E-state index contributed by atoms with van der Waals surface area (Å²) in [6.45, 7) is 5.51. The Balaban J connectivity index is 1.56. The third-order valence-corrected chi connectivity index (χ3v) is 5.24. The van der Waals surface area contributed by atoms with Gasteiger partial charge in [0.2, 0.25) is 0 Å². The first-order chi connectivity index (χ1) is 10.7. The van der Waals surface area contributed by atoms with E-state index in [9.17, 15) is 4.79 Å². The molecule has 5 heteroatoms. The zero-order valence-electron chi connectivity index (χ0n) is 13.0. The van der Waals surface area contributed by atoms with E-state index in [1.54, 1.807) is 12.4 Å². The number of hydrogen-bond donors (Lipinski definition) is 0. The fourth-order valence-corrected chi connectivity index (χ4v) is 3.96. The second-order valence-corrected chi connectivity index (χ2v) is 7.40. The van der Waals surface area contributed by atoms with Crippen LogP contribution in [0.2, 0.25) is 0 Å². The van der Waals surface area contributed by atoms with E-state index in [1.165, 1.54) is 38.9 Å². The number of nitrogens with zero attached hydrogens (tertiary/aromatic N) is 3. The molecule has 2 aliphatic heterocycles. The fraction of sp³-hybridized carbons (Fsp3) is 0.647. The van der Waals surface area contributed by atoms with Gasteiger partial charge >= 0.3 is 0 Å². The first-order valence-corrected chi connectivity index (χ1v) is 9.14. The highest BCUT2D eigenvalue weighted by molar-refractivity contribution is 9.10. The number of aromatic nitrogens is 1. The van der Waals surface area contributed by atoms with Crippen LogP contribution in [0.25, 0.3) is 0 Å². The van der Waals surface area contributed by atoms with Crippen molar-refractivity contribution >= 4 is 21.8 Å². The van der Waals surface area contributed by atoms with Gasteiger partial charge in [0.25, 0.3) is 5.91 Å². The number of likely N-dealkylation sites (tertiary alicyclic amines) is 2. The van der Waals surface area contributed by atoms with Crippen molar-refractivity contribution in [1.82, 2.24) is 14.8 Å². The zero-order chi connectivity index (χ0) is 15.4. The van der Waals surface area contributed by atoms with Crippen molar-refractivity contribution in [3.05, 3.63) is 28.5 Å². The van der Waals surface area contributed by atoms with Crippen LogP contribution < -0.4 is 0 Å². The van der Waals surface area contributed by atoms with Gasteiger partial charge in [0, 0.05) is 36.5 Å². The van der Waals surface area contributed by atoms with Crippen LogP contribution in [0.15, 0.2) is 22.9 Å². The van der Waals surface area contributed by atoms with E-state index >= 15 is 0 Å². The molecule has 3 heterocycles. The lowest BCUT2D eigenvalue weighted by Gasteiger charge is -2.23. The summed E-state index contributed by atoms with van der Waals surface area (Å²) in [5.41, 5.74) is 0.687. The van der Waals surface area contributed by atoms with Gasteiger partial charge in [-0.15, -0.1) is 0 Å². The van der Waals surface area contributed by atoms with Gasteiger partial charge in [0.15, 0.2) is 0 Å². The van der Waals surface area contributed by atoms with E-state index in [0.717, 1.165) is 36.3 Å². The average Bonchev–Trinajstić information content (AvgIpc) is 2.91. The van der Waals surface area contributed by atoms with Gasteiger partial charge in [-0.1, -0.05) is 0 Å². The molecule has 1 amide bonds. The summed E-state index contributed by atoms with van der Waals surface area (Å²) in [6.07, 6.45) is 9.58. The maximum absolute atomic E-state index is 12.6. The highest BCUT2D eigenvalue weighted by Crippen LogP contribution is 2.22. The van der Waals surface area contributed by atoms with E-state index in [0.29, 0.717) is 5.56 Å². The van der Waals surface area contributed by atoms with Gasteiger partial charge in [-0.3, -0.25) is 9.78 Å². The Morgan fingerprint density at radius 2 is 1.95 bits per heavy atom. The first kappa shape index (κ1) is 15.9. The van der Waals surface area contributed by atoms with Crippen LogP contribution in [0.4, 0.5) is 0 Å². The summed E-state index contributed by atoms with van der Waals surface area (Å²) >= 11 is 3.39. The molecule has 2 aliphatic rings. The molecule has 3 rings (SSSR count). The normalized spacial score (nSPS) is 23.5. The van der Waals surface area contributed by atoms with Crippen molar-refractivity contribution in [3.63, 3.8) is 0 Å². The lowest BCUT2D eigenvalue weighted by atomic mass is 10.0. The monoisotopic (exact) mass is 365 g/mol. The van der Waals surface area contributed by atoms with E-state index in [-0.39, 0.29) is 5.91 Å². The third kappa shape index (κ3) is 4.07. The maximum Gasteiger partial charge on any atom is 0.255 e. The molecule has 2 saturated heterocycles. The van der Waals surface area contributed by atoms with Crippen LogP contribution in [0.5, 0.6) is 0 Å². The van der Waals surface area contributed by atoms with Crippen LogP contribution >= 0.6 is 15.9 Å². The Hall–Kier alpha value is -0.940. The molecular weight excluding hydrogens is 342 g/mol. The SMILES string of the molecule is O=C(c1cncc(Br)c1)N1CCC[C@H](CN2CCCC2)CC1. The Morgan fingerprint density at radius 1 is 1.14 bits per heavy atom. The smallest absolute Gasteiger partial charge is 0.255 e. The number of pyridine rings is 1. The molecule has 0 aromatic carbocycles. The molecule has 0 bridgehead atoms. The third-order valence-electron chi connectivity index (χ3n) is 4.80. The van der Waals surface area contributed by atoms with Crippen molar-refractivity contribution in [3.8, 4) is 0 Å². The summed E-state index contributed by atoms with van der Waals surface area (Å²) in [7, 11) is 0. The van der Waals surface area contributed by atoms with Crippen LogP contribution in [0.3, 0.4) is 0 Å². The van der Waals surface area contributed by atoms with Crippen molar-refractivity contribution in [2.45, 2.75) is 32.1 Å². The average molecular weight is 366 g/mol. The van der Waals surface area contributed by atoms with Crippen LogP contribution in [-0.4, -0.2) is 53.4 Å². The Morgan fingerprint density at radius 3 is 2.73 bits per heavy atom. The topological polar surface area (TPSA) is 36.4 Å². The lowest BCUT2D eigenvalue weighted by molar-refractivity contribution is 0.0758. The van der Waals surface area contributed by atoms with Gasteiger partial charge in [0.1, 0.15) is 0 Å². The number of carbonyl (C=O) groups is 1. The second kappa shape index (κ2) is 7.55. The molecule has 4 nitrogen and oxygen atoms in total. The van der Waals surface area contributed by atoms with Crippen LogP contribution in [0, 0.1) is 5.92 Å². The summed E-state index contributed by atoms with van der Waals surface area (Å²) in [6, 6.07) is 1.86. The van der Waals surface area contributed by atoms with E-state index in [2.05, 4.69) is 25.8 Å². The highest BCUT2D eigenvalue weighted by atomic mass is 79.9. The molecule has 120 valence electrons. The lowest BCUT2D eigenvalue weighted by Crippen LogP contribution is -2.32. The number of amides is 1. The molecule has 0 N–H and O–H groups in total. The Labute approximate surface area is 141 Å². The summed E-state index contributed by atoms with van der Waals surface area (Å²) < 4.78 is 0.861. The minimum absolute atomic E-state index is 0.121.